The lowest BCUT2D eigenvalue weighted by Gasteiger charge is -2.16. The standard InChI is InChI=1S/C14H17N3O4/c1-4-21-14(19)10(7-15)9-5-13(20-3)12(6-11(9)16)17-8(2)18/h5-6,10H,4,16H2,1-3H3,(H,17,18). The van der Waals surface area contributed by atoms with Gasteiger partial charge in [0.05, 0.1) is 25.5 Å². The van der Waals surface area contributed by atoms with Gasteiger partial charge in [0.25, 0.3) is 0 Å². The third-order valence-electron chi connectivity index (χ3n) is 2.68. The molecular formula is C14H17N3O4. The summed E-state index contributed by atoms with van der Waals surface area (Å²) in [4.78, 5) is 22.9. The lowest BCUT2D eigenvalue weighted by Crippen LogP contribution is -2.16. The minimum absolute atomic E-state index is 0.165. The Balaban J connectivity index is 3.28. The summed E-state index contributed by atoms with van der Waals surface area (Å²) in [5.41, 5.74) is 6.71. The number of nitrogens with two attached hydrogens (primary N) is 1. The van der Waals surface area contributed by atoms with E-state index in [-0.39, 0.29) is 23.8 Å². The van der Waals surface area contributed by atoms with E-state index in [0.29, 0.717) is 11.4 Å². The molecule has 112 valence electrons. The summed E-state index contributed by atoms with van der Waals surface area (Å²) in [5.74, 6) is -1.81. The molecule has 0 aliphatic carbocycles. The predicted octanol–water partition coefficient (Wildman–Crippen LogP) is 1.41. The summed E-state index contributed by atoms with van der Waals surface area (Å²) in [6.45, 7) is 3.16. The van der Waals surface area contributed by atoms with E-state index in [2.05, 4.69) is 5.32 Å². The van der Waals surface area contributed by atoms with Gasteiger partial charge in [0.1, 0.15) is 5.75 Å². The lowest BCUT2D eigenvalue weighted by atomic mass is 9.98. The summed E-state index contributed by atoms with van der Waals surface area (Å²) >= 11 is 0. The largest absolute Gasteiger partial charge is 0.495 e. The Morgan fingerprint density at radius 3 is 2.62 bits per heavy atom. The second-order valence-corrected chi connectivity index (χ2v) is 4.18. The number of benzene rings is 1. The molecule has 0 aromatic heterocycles. The summed E-state index contributed by atoms with van der Waals surface area (Å²) in [6, 6.07) is 4.75. The number of amides is 1. The SMILES string of the molecule is CCOC(=O)C(C#N)c1cc(OC)c(NC(C)=O)cc1N. The van der Waals surface area contributed by atoms with Crippen LogP contribution in [0.3, 0.4) is 0 Å². The Labute approximate surface area is 122 Å². The Kier molecular flexibility index (Phi) is 5.55. The maximum absolute atomic E-state index is 11.8. The van der Waals surface area contributed by atoms with E-state index in [4.69, 9.17) is 20.5 Å². The lowest BCUT2D eigenvalue weighted by molar-refractivity contribution is -0.143. The number of anilines is 2. The fourth-order valence-corrected chi connectivity index (χ4v) is 1.79. The first-order chi connectivity index (χ1) is 9.94. The van der Waals surface area contributed by atoms with Gasteiger partial charge in [-0.2, -0.15) is 5.26 Å². The molecule has 0 radical (unpaired) electrons. The summed E-state index contributed by atoms with van der Waals surface area (Å²) in [7, 11) is 1.41. The van der Waals surface area contributed by atoms with Crippen LogP contribution >= 0.6 is 0 Å². The van der Waals surface area contributed by atoms with Crippen molar-refractivity contribution in [1.82, 2.24) is 0 Å². The van der Waals surface area contributed by atoms with E-state index in [1.165, 1.54) is 26.2 Å². The molecule has 7 heteroatoms. The smallest absolute Gasteiger partial charge is 0.327 e. The van der Waals surface area contributed by atoms with Crippen LogP contribution in [0, 0.1) is 11.3 Å². The monoisotopic (exact) mass is 291 g/mol. The molecule has 1 aromatic carbocycles. The topological polar surface area (TPSA) is 114 Å². The van der Waals surface area contributed by atoms with Crippen molar-refractivity contribution < 1.29 is 19.1 Å². The van der Waals surface area contributed by atoms with Crippen molar-refractivity contribution in [2.45, 2.75) is 19.8 Å². The molecule has 7 nitrogen and oxygen atoms in total. The number of nitrogen functional groups attached to an aromatic ring is 1. The van der Waals surface area contributed by atoms with E-state index in [9.17, 15) is 9.59 Å². The molecule has 0 bridgehead atoms. The first kappa shape index (κ1) is 16.3. The fraction of sp³-hybridized carbons (Fsp3) is 0.357. The van der Waals surface area contributed by atoms with Gasteiger partial charge >= 0.3 is 5.97 Å². The second-order valence-electron chi connectivity index (χ2n) is 4.18. The van der Waals surface area contributed by atoms with Gasteiger partial charge in [-0.05, 0) is 19.1 Å². The zero-order valence-electron chi connectivity index (χ0n) is 12.1. The number of nitrogens with zero attached hydrogens (tertiary/aromatic N) is 1. The van der Waals surface area contributed by atoms with Crippen molar-refractivity contribution in [1.29, 1.82) is 5.26 Å². The zero-order chi connectivity index (χ0) is 16.0. The molecule has 1 aromatic rings. The molecule has 0 aliphatic heterocycles. The number of nitriles is 1. The molecule has 0 saturated heterocycles. The van der Waals surface area contributed by atoms with Crippen LogP contribution in [0.2, 0.25) is 0 Å². The van der Waals surface area contributed by atoms with Crippen LogP contribution in [0.1, 0.15) is 25.3 Å². The molecule has 1 rings (SSSR count). The molecule has 1 amide bonds. The zero-order valence-corrected chi connectivity index (χ0v) is 12.1. The normalized spacial score (nSPS) is 11.1. The molecule has 0 aliphatic rings. The number of esters is 1. The Morgan fingerprint density at radius 2 is 2.14 bits per heavy atom. The second kappa shape index (κ2) is 7.14. The Bertz CT molecular complexity index is 593. The predicted molar refractivity (Wildman–Crippen MR) is 76.7 cm³/mol. The van der Waals surface area contributed by atoms with E-state index >= 15 is 0 Å². The summed E-state index contributed by atoms with van der Waals surface area (Å²) in [5, 5.41) is 11.7. The van der Waals surface area contributed by atoms with E-state index in [1.807, 2.05) is 6.07 Å². The van der Waals surface area contributed by atoms with Gasteiger partial charge in [-0.3, -0.25) is 9.59 Å². The third-order valence-corrected chi connectivity index (χ3v) is 2.68. The molecular weight excluding hydrogens is 274 g/mol. The van der Waals surface area contributed by atoms with Crippen molar-refractivity contribution in [3.05, 3.63) is 17.7 Å². The van der Waals surface area contributed by atoms with Crippen molar-refractivity contribution in [3.63, 3.8) is 0 Å². The van der Waals surface area contributed by atoms with Gasteiger partial charge in [-0.15, -0.1) is 0 Å². The van der Waals surface area contributed by atoms with Crippen LogP contribution in [0.5, 0.6) is 5.75 Å². The van der Waals surface area contributed by atoms with Crippen molar-refractivity contribution in [2.75, 3.05) is 24.8 Å². The number of carbonyl (C=O) groups is 2. The van der Waals surface area contributed by atoms with Gasteiger partial charge in [0.15, 0.2) is 5.92 Å². The minimum Gasteiger partial charge on any atom is -0.495 e. The third kappa shape index (κ3) is 3.86. The van der Waals surface area contributed by atoms with Gasteiger partial charge in [0, 0.05) is 18.2 Å². The highest BCUT2D eigenvalue weighted by Gasteiger charge is 2.25. The summed E-state index contributed by atoms with van der Waals surface area (Å²) < 4.78 is 9.99. The average Bonchev–Trinajstić information content (AvgIpc) is 2.41. The number of carbonyl (C=O) groups excluding carboxylic acids is 2. The highest BCUT2D eigenvalue weighted by atomic mass is 16.5. The molecule has 1 unspecified atom stereocenters. The highest BCUT2D eigenvalue weighted by Crippen LogP contribution is 2.34. The number of ether oxygens (including phenoxy) is 2. The molecule has 1 atom stereocenters. The first-order valence-corrected chi connectivity index (χ1v) is 6.25. The first-order valence-electron chi connectivity index (χ1n) is 6.25. The minimum atomic E-state index is -1.15. The van der Waals surface area contributed by atoms with Gasteiger partial charge < -0.3 is 20.5 Å². The summed E-state index contributed by atoms with van der Waals surface area (Å²) in [6.07, 6.45) is 0. The van der Waals surface area contributed by atoms with Crippen LogP contribution < -0.4 is 15.8 Å². The van der Waals surface area contributed by atoms with Crippen molar-refractivity contribution in [3.8, 4) is 11.8 Å². The van der Waals surface area contributed by atoms with E-state index in [0.717, 1.165) is 0 Å². The molecule has 0 heterocycles. The molecule has 0 fully saturated rings. The Hall–Kier alpha value is -2.75. The van der Waals surface area contributed by atoms with Gasteiger partial charge in [0.2, 0.25) is 5.91 Å². The Morgan fingerprint density at radius 1 is 1.48 bits per heavy atom. The number of hydrogen-bond donors (Lipinski definition) is 2. The number of hydrogen-bond acceptors (Lipinski definition) is 6. The van der Waals surface area contributed by atoms with E-state index in [1.54, 1.807) is 6.92 Å². The highest BCUT2D eigenvalue weighted by molar-refractivity contribution is 5.92. The molecule has 0 saturated carbocycles. The number of nitrogens with one attached hydrogen (secondary N) is 1. The van der Waals surface area contributed by atoms with Crippen molar-refractivity contribution >= 4 is 23.3 Å². The van der Waals surface area contributed by atoms with Crippen LogP contribution in [0.4, 0.5) is 11.4 Å². The maximum Gasteiger partial charge on any atom is 0.327 e. The van der Waals surface area contributed by atoms with Crippen LogP contribution in [0.15, 0.2) is 12.1 Å². The average molecular weight is 291 g/mol. The molecule has 21 heavy (non-hydrogen) atoms. The number of methoxy groups -OCH3 is 1. The van der Waals surface area contributed by atoms with Crippen LogP contribution in [-0.4, -0.2) is 25.6 Å². The quantitative estimate of drug-likeness (QED) is 0.626. The molecule has 0 spiro atoms. The van der Waals surface area contributed by atoms with Gasteiger partial charge in [-0.25, -0.2) is 0 Å². The van der Waals surface area contributed by atoms with Crippen LogP contribution in [-0.2, 0) is 14.3 Å². The van der Waals surface area contributed by atoms with Gasteiger partial charge in [-0.1, -0.05) is 0 Å². The number of rotatable bonds is 5. The fourth-order valence-electron chi connectivity index (χ4n) is 1.79. The van der Waals surface area contributed by atoms with Crippen LogP contribution in [0.25, 0.3) is 0 Å². The van der Waals surface area contributed by atoms with E-state index < -0.39 is 11.9 Å². The van der Waals surface area contributed by atoms with Crippen molar-refractivity contribution in [2.24, 2.45) is 0 Å². The molecule has 3 N–H and O–H groups in total. The maximum atomic E-state index is 11.8.